The van der Waals surface area contributed by atoms with E-state index in [1.165, 1.54) is 24.1 Å². The van der Waals surface area contributed by atoms with E-state index in [2.05, 4.69) is 40.2 Å². The summed E-state index contributed by atoms with van der Waals surface area (Å²) in [7, 11) is 1.91. The first-order chi connectivity index (χ1) is 14.2. The highest BCUT2D eigenvalue weighted by Gasteiger charge is 2.20. The van der Waals surface area contributed by atoms with Gasteiger partial charge < -0.3 is 9.80 Å². The van der Waals surface area contributed by atoms with E-state index in [4.69, 9.17) is 0 Å². The van der Waals surface area contributed by atoms with Crippen molar-refractivity contribution in [2.45, 2.75) is 25.1 Å². The SMILES string of the molecule is CN(Cc1ccccc1N1CCCC1)C(=O)c1ccccc1CSC1=NCCS1. The molecule has 0 atom stereocenters. The zero-order valence-corrected chi connectivity index (χ0v) is 18.5. The highest BCUT2D eigenvalue weighted by molar-refractivity contribution is 8.38. The minimum atomic E-state index is 0.0819. The third kappa shape index (κ3) is 4.98. The predicted octanol–water partition coefficient (Wildman–Crippen LogP) is 4.90. The average Bonchev–Trinajstić information content (AvgIpc) is 3.46. The molecule has 0 saturated carbocycles. The molecule has 1 amide bonds. The van der Waals surface area contributed by atoms with Crippen LogP contribution < -0.4 is 4.90 Å². The van der Waals surface area contributed by atoms with Gasteiger partial charge in [0.25, 0.3) is 5.91 Å². The van der Waals surface area contributed by atoms with Crippen molar-refractivity contribution in [3.8, 4) is 0 Å². The molecule has 2 heterocycles. The summed E-state index contributed by atoms with van der Waals surface area (Å²) in [5, 5.41) is 0. The summed E-state index contributed by atoms with van der Waals surface area (Å²) in [5.41, 5.74) is 4.36. The maximum Gasteiger partial charge on any atom is 0.254 e. The smallest absolute Gasteiger partial charge is 0.254 e. The van der Waals surface area contributed by atoms with Crippen LogP contribution in [0.4, 0.5) is 5.69 Å². The van der Waals surface area contributed by atoms with E-state index < -0.39 is 0 Å². The number of hydrogen-bond acceptors (Lipinski definition) is 5. The Morgan fingerprint density at radius 3 is 2.59 bits per heavy atom. The molecule has 0 bridgehead atoms. The lowest BCUT2D eigenvalue weighted by Gasteiger charge is -2.25. The van der Waals surface area contributed by atoms with Crippen molar-refractivity contribution in [3.63, 3.8) is 0 Å². The molecule has 1 fully saturated rings. The van der Waals surface area contributed by atoms with Gasteiger partial charge in [-0.1, -0.05) is 59.9 Å². The third-order valence-electron chi connectivity index (χ3n) is 5.35. The molecule has 6 heteroatoms. The molecule has 0 aromatic heterocycles. The van der Waals surface area contributed by atoms with Crippen molar-refractivity contribution in [1.29, 1.82) is 0 Å². The quantitative estimate of drug-likeness (QED) is 0.660. The Labute approximate surface area is 181 Å². The van der Waals surface area contributed by atoms with Gasteiger partial charge in [-0.15, -0.1) is 0 Å². The normalized spacial score (nSPS) is 16.2. The minimum absolute atomic E-state index is 0.0819. The summed E-state index contributed by atoms with van der Waals surface area (Å²) in [6.45, 7) is 3.75. The Morgan fingerprint density at radius 1 is 1.10 bits per heavy atom. The maximum absolute atomic E-state index is 13.3. The number of hydrogen-bond donors (Lipinski definition) is 0. The number of thioether (sulfide) groups is 2. The van der Waals surface area contributed by atoms with E-state index in [0.29, 0.717) is 6.54 Å². The van der Waals surface area contributed by atoms with Crippen molar-refractivity contribution in [1.82, 2.24) is 4.90 Å². The van der Waals surface area contributed by atoms with Gasteiger partial charge in [0.1, 0.15) is 4.38 Å². The first kappa shape index (κ1) is 20.4. The molecule has 2 aliphatic rings. The van der Waals surface area contributed by atoms with Crippen LogP contribution in [0.1, 0.15) is 34.3 Å². The molecule has 4 nitrogen and oxygen atoms in total. The molecule has 0 spiro atoms. The lowest BCUT2D eigenvalue weighted by molar-refractivity contribution is 0.0784. The standard InChI is InChI=1S/C23H27N3OS2/c1-25(16-18-8-3-5-11-21(18)26-13-6-7-14-26)22(27)20-10-4-2-9-19(20)17-29-23-24-12-15-28-23/h2-5,8-11H,6-7,12-17H2,1H3. The number of carbonyl (C=O) groups is 1. The highest BCUT2D eigenvalue weighted by atomic mass is 32.2. The molecule has 0 radical (unpaired) electrons. The number of carbonyl (C=O) groups excluding carboxylic acids is 1. The average molecular weight is 426 g/mol. The molecular formula is C23H27N3OS2. The second-order valence-corrected chi connectivity index (χ2v) is 9.73. The van der Waals surface area contributed by atoms with E-state index in [1.54, 1.807) is 11.8 Å². The molecule has 0 N–H and O–H groups in total. The lowest BCUT2D eigenvalue weighted by atomic mass is 10.1. The largest absolute Gasteiger partial charge is 0.371 e. The summed E-state index contributed by atoms with van der Waals surface area (Å²) in [6, 6.07) is 16.5. The minimum Gasteiger partial charge on any atom is -0.371 e. The summed E-state index contributed by atoms with van der Waals surface area (Å²) >= 11 is 3.55. The second-order valence-electron chi connectivity index (χ2n) is 7.43. The van der Waals surface area contributed by atoms with Gasteiger partial charge in [0.15, 0.2) is 0 Å². The van der Waals surface area contributed by atoms with E-state index in [-0.39, 0.29) is 5.91 Å². The first-order valence-corrected chi connectivity index (χ1v) is 12.2. The molecule has 0 aliphatic carbocycles. The molecule has 29 heavy (non-hydrogen) atoms. The zero-order chi connectivity index (χ0) is 20.1. The fourth-order valence-electron chi connectivity index (χ4n) is 3.84. The molecule has 0 unspecified atom stereocenters. The van der Waals surface area contributed by atoms with Crippen molar-refractivity contribution in [2.75, 3.05) is 37.3 Å². The number of nitrogens with zero attached hydrogens (tertiary/aromatic N) is 3. The molecule has 2 aromatic carbocycles. The van der Waals surface area contributed by atoms with Gasteiger partial charge in [0.2, 0.25) is 0 Å². The Kier molecular flexibility index (Phi) is 6.82. The maximum atomic E-state index is 13.3. The van der Waals surface area contributed by atoms with Crippen LogP contribution in [0.2, 0.25) is 0 Å². The van der Waals surface area contributed by atoms with Crippen LogP contribution in [0.3, 0.4) is 0 Å². The predicted molar refractivity (Wildman–Crippen MR) is 126 cm³/mol. The van der Waals surface area contributed by atoms with Crippen LogP contribution in [0, 0.1) is 0 Å². The molecular weight excluding hydrogens is 398 g/mol. The Balaban J connectivity index is 1.47. The zero-order valence-electron chi connectivity index (χ0n) is 16.8. The van der Waals surface area contributed by atoms with E-state index in [9.17, 15) is 4.79 Å². The molecule has 4 rings (SSSR count). The van der Waals surface area contributed by atoms with Crippen molar-refractivity contribution in [3.05, 3.63) is 65.2 Å². The Hall–Kier alpha value is -1.92. The van der Waals surface area contributed by atoms with Crippen molar-refractivity contribution in [2.24, 2.45) is 4.99 Å². The lowest BCUT2D eigenvalue weighted by Crippen LogP contribution is -2.28. The molecule has 2 aromatic rings. The van der Waals surface area contributed by atoms with E-state index in [0.717, 1.165) is 46.6 Å². The number of anilines is 1. The van der Waals surface area contributed by atoms with Crippen LogP contribution in [-0.2, 0) is 12.3 Å². The van der Waals surface area contributed by atoms with Gasteiger partial charge in [-0.05, 0) is 36.1 Å². The third-order valence-corrected chi connectivity index (χ3v) is 7.65. The number of para-hydroxylation sites is 1. The molecule has 2 aliphatic heterocycles. The van der Waals surface area contributed by atoms with Gasteiger partial charge in [0, 0.05) is 49.4 Å². The van der Waals surface area contributed by atoms with E-state index >= 15 is 0 Å². The molecule has 152 valence electrons. The molecule has 1 saturated heterocycles. The van der Waals surface area contributed by atoms with Gasteiger partial charge in [-0.25, -0.2) is 0 Å². The first-order valence-electron chi connectivity index (χ1n) is 10.2. The van der Waals surface area contributed by atoms with Crippen LogP contribution >= 0.6 is 23.5 Å². The van der Waals surface area contributed by atoms with Crippen LogP contribution in [0.5, 0.6) is 0 Å². The fourth-order valence-corrected chi connectivity index (χ4v) is 5.85. The van der Waals surface area contributed by atoms with Crippen LogP contribution in [0.15, 0.2) is 53.5 Å². The highest BCUT2D eigenvalue weighted by Crippen LogP contribution is 2.28. The van der Waals surface area contributed by atoms with Gasteiger partial charge in [-0.3, -0.25) is 9.79 Å². The number of benzene rings is 2. The van der Waals surface area contributed by atoms with E-state index in [1.807, 2.05) is 41.9 Å². The monoisotopic (exact) mass is 425 g/mol. The van der Waals surface area contributed by atoms with Crippen LogP contribution in [-0.4, -0.2) is 47.6 Å². The fraction of sp³-hybridized carbons (Fsp3) is 0.391. The number of aliphatic imine (C=N–C) groups is 1. The number of rotatable bonds is 6. The summed E-state index contributed by atoms with van der Waals surface area (Å²) in [4.78, 5) is 22.1. The second kappa shape index (κ2) is 9.72. The van der Waals surface area contributed by atoms with Crippen molar-refractivity contribution < 1.29 is 4.79 Å². The van der Waals surface area contributed by atoms with Gasteiger partial charge >= 0.3 is 0 Å². The van der Waals surface area contributed by atoms with Crippen LogP contribution in [0.25, 0.3) is 0 Å². The van der Waals surface area contributed by atoms with Crippen molar-refractivity contribution >= 4 is 39.5 Å². The number of amides is 1. The van der Waals surface area contributed by atoms with Gasteiger partial charge in [0.05, 0.1) is 6.54 Å². The summed E-state index contributed by atoms with van der Waals surface area (Å²) in [5.74, 6) is 1.94. The summed E-state index contributed by atoms with van der Waals surface area (Å²) in [6.07, 6.45) is 2.50. The summed E-state index contributed by atoms with van der Waals surface area (Å²) < 4.78 is 1.14. The Morgan fingerprint density at radius 2 is 1.83 bits per heavy atom. The van der Waals surface area contributed by atoms with Gasteiger partial charge in [-0.2, -0.15) is 0 Å². The Bertz CT molecular complexity index is 893. The topological polar surface area (TPSA) is 35.9 Å².